The highest BCUT2D eigenvalue weighted by atomic mass is 32.1. The van der Waals surface area contributed by atoms with Crippen LogP contribution in [0, 0.1) is 0 Å². The Bertz CT molecular complexity index is 640. The van der Waals surface area contributed by atoms with Crippen LogP contribution in [0.5, 0.6) is 5.75 Å². The monoisotopic (exact) mass is 319 g/mol. The van der Waals surface area contributed by atoms with Crippen molar-refractivity contribution in [3.63, 3.8) is 0 Å². The fourth-order valence-corrected chi connectivity index (χ4v) is 2.65. The van der Waals surface area contributed by atoms with Crippen LogP contribution in [0.25, 0.3) is 6.08 Å². The molecule has 1 heterocycles. The molecule has 0 aliphatic carbocycles. The van der Waals surface area contributed by atoms with E-state index in [1.807, 2.05) is 57.2 Å². The van der Waals surface area contributed by atoms with Gasteiger partial charge >= 0.3 is 0 Å². The maximum atomic E-state index is 12.4. The molecular weight excluding hydrogens is 298 g/mol. The van der Waals surface area contributed by atoms with Gasteiger partial charge in [-0.05, 0) is 37.4 Å². The molecule has 0 N–H and O–H groups in total. The number of carbonyl (C=O) groups excluding carboxylic acids is 1. The highest BCUT2D eigenvalue weighted by Crippen LogP contribution is 2.29. The van der Waals surface area contributed by atoms with Gasteiger partial charge < -0.3 is 14.5 Å². The minimum absolute atomic E-state index is 0.0752. The maximum absolute atomic E-state index is 12.4. The van der Waals surface area contributed by atoms with Crippen molar-refractivity contribution in [3.05, 3.63) is 29.5 Å². The van der Waals surface area contributed by atoms with E-state index in [1.54, 1.807) is 16.9 Å². The van der Waals surface area contributed by atoms with Crippen molar-refractivity contribution in [3.8, 4) is 5.75 Å². The Hall–Kier alpha value is -2.08. The van der Waals surface area contributed by atoms with Crippen LogP contribution in [0.15, 0.2) is 23.9 Å². The molecule has 2 rings (SSSR count). The van der Waals surface area contributed by atoms with Crippen LogP contribution >= 0.6 is 12.2 Å². The quantitative estimate of drug-likeness (QED) is 0.628. The molecule has 1 amide bonds. The van der Waals surface area contributed by atoms with Gasteiger partial charge in [0.25, 0.3) is 5.91 Å². The normalized spacial score (nSPS) is 16.7. The fourth-order valence-electron chi connectivity index (χ4n) is 2.33. The van der Waals surface area contributed by atoms with Crippen molar-refractivity contribution >= 4 is 35.0 Å². The summed E-state index contributed by atoms with van der Waals surface area (Å²) in [7, 11) is 7.37. The molecule has 0 aromatic heterocycles. The molecule has 0 atom stereocenters. The first-order valence-electron chi connectivity index (χ1n) is 7.07. The van der Waals surface area contributed by atoms with Gasteiger partial charge in [0.2, 0.25) is 0 Å². The highest BCUT2D eigenvalue weighted by Gasteiger charge is 2.34. The lowest BCUT2D eigenvalue weighted by Gasteiger charge is -2.16. The SMILES string of the molecule is CCN1C(=O)/C(=C\c2ccc(N(C)C)cc2OC)N(C)C1=S. The van der Waals surface area contributed by atoms with Crippen LogP contribution in [-0.4, -0.2) is 55.6 Å². The van der Waals surface area contributed by atoms with Gasteiger partial charge in [0, 0.05) is 45.0 Å². The summed E-state index contributed by atoms with van der Waals surface area (Å²) in [4.78, 5) is 17.7. The molecule has 1 aromatic rings. The van der Waals surface area contributed by atoms with E-state index in [0.29, 0.717) is 17.4 Å². The Kier molecular flexibility index (Phi) is 4.71. The van der Waals surface area contributed by atoms with Gasteiger partial charge in [0.1, 0.15) is 11.4 Å². The van der Waals surface area contributed by atoms with Gasteiger partial charge in [-0.15, -0.1) is 0 Å². The number of hydrogen-bond donors (Lipinski definition) is 0. The van der Waals surface area contributed by atoms with Crippen LogP contribution < -0.4 is 9.64 Å². The van der Waals surface area contributed by atoms with Crippen LogP contribution in [0.4, 0.5) is 5.69 Å². The summed E-state index contributed by atoms with van der Waals surface area (Å²) in [6, 6.07) is 5.88. The Labute approximate surface area is 136 Å². The maximum Gasteiger partial charge on any atom is 0.276 e. The van der Waals surface area contributed by atoms with E-state index in [0.717, 1.165) is 17.0 Å². The van der Waals surface area contributed by atoms with Crippen LogP contribution in [0.3, 0.4) is 0 Å². The minimum atomic E-state index is -0.0752. The van der Waals surface area contributed by atoms with E-state index in [4.69, 9.17) is 17.0 Å². The number of ether oxygens (including phenoxy) is 1. The average molecular weight is 319 g/mol. The number of nitrogens with zero attached hydrogens (tertiary/aromatic N) is 3. The Balaban J connectivity index is 2.45. The first kappa shape index (κ1) is 16.3. The van der Waals surface area contributed by atoms with Gasteiger partial charge in [-0.2, -0.15) is 0 Å². The molecule has 1 aliphatic rings. The second-order valence-corrected chi connectivity index (χ2v) is 5.61. The van der Waals surface area contributed by atoms with Crippen LogP contribution in [-0.2, 0) is 4.79 Å². The number of thiocarbonyl (C=S) groups is 1. The first-order valence-corrected chi connectivity index (χ1v) is 7.48. The zero-order chi connectivity index (χ0) is 16.4. The second-order valence-electron chi connectivity index (χ2n) is 5.24. The van der Waals surface area contributed by atoms with Crippen molar-refractivity contribution in [2.45, 2.75) is 6.92 Å². The van der Waals surface area contributed by atoms with Gasteiger partial charge in [-0.3, -0.25) is 9.69 Å². The molecule has 1 aliphatic heterocycles. The molecular formula is C16H21N3O2S. The van der Waals surface area contributed by atoms with Crippen molar-refractivity contribution in [2.24, 2.45) is 0 Å². The second kappa shape index (κ2) is 6.36. The molecule has 22 heavy (non-hydrogen) atoms. The lowest BCUT2D eigenvalue weighted by molar-refractivity contribution is -0.122. The molecule has 6 heteroatoms. The predicted octanol–water partition coefficient (Wildman–Crippen LogP) is 2.18. The molecule has 0 saturated carbocycles. The van der Waals surface area contributed by atoms with E-state index in [9.17, 15) is 4.79 Å². The molecule has 1 fully saturated rings. The Morgan fingerprint density at radius 2 is 2.05 bits per heavy atom. The number of carbonyl (C=O) groups is 1. The molecule has 0 radical (unpaired) electrons. The van der Waals surface area contributed by atoms with E-state index in [1.165, 1.54) is 0 Å². The molecule has 0 spiro atoms. The van der Waals surface area contributed by atoms with Gasteiger partial charge in [-0.1, -0.05) is 0 Å². The van der Waals surface area contributed by atoms with Crippen LogP contribution in [0.1, 0.15) is 12.5 Å². The average Bonchev–Trinajstić information content (AvgIpc) is 2.70. The van der Waals surface area contributed by atoms with Gasteiger partial charge in [-0.25, -0.2) is 0 Å². The Morgan fingerprint density at radius 1 is 1.36 bits per heavy atom. The van der Waals surface area contributed by atoms with Gasteiger partial charge in [0.15, 0.2) is 5.11 Å². The van der Waals surface area contributed by atoms with E-state index in [-0.39, 0.29) is 5.91 Å². The zero-order valence-electron chi connectivity index (χ0n) is 13.6. The van der Waals surface area contributed by atoms with E-state index in [2.05, 4.69) is 0 Å². The lowest BCUT2D eigenvalue weighted by atomic mass is 10.1. The predicted molar refractivity (Wildman–Crippen MR) is 93.0 cm³/mol. The zero-order valence-corrected chi connectivity index (χ0v) is 14.4. The highest BCUT2D eigenvalue weighted by molar-refractivity contribution is 7.80. The van der Waals surface area contributed by atoms with Crippen LogP contribution in [0.2, 0.25) is 0 Å². The number of amides is 1. The smallest absolute Gasteiger partial charge is 0.276 e. The first-order chi connectivity index (χ1) is 10.4. The van der Waals surface area contributed by atoms with Crippen molar-refractivity contribution < 1.29 is 9.53 Å². The molecule has 118 valence electrons. The summed E-state index contributed by atoms with van der Waals surface area (Å²) < 4.78 is 5.45. The van der Waals surface area contributed by atoms with Crippen molar-refractivity contribution in [1.29, 1.82) is 0 Å². The van der Waals surface area contributed by atoms with E-state index < -0.39 is 0 Å². The molecule has 5 nitrogen and oxygen atoms in total. The van der Waals surface area contributed by atoms with Gasteiger partial charge in [0.05, 0.1) is 7.11 Å². The summed E-state index contributed by atoms with van der Waals surface area (Å²) in [6.07, 6.45) is 1.82. The minimum Gasteiger partial charge on any atom is -0.496 e. The third-order valence-corrected chi connectivity index (χ3v) is 4.18. The molecule has 0 unspecified atom stereocenters. The fraction of sp³-hybridized carbons (Fsp3) is 0.375. The largest absolute Gasteiger partial charge is 0.496 e. The number of rotatable bonds is 4. The number of methoxy groups -OCH3 is 1. The summed E-state index contributed by atoms with van der Waals surface area (Å²) in [6.45, 7) is 2.48. The standard InChI is InChI=1S/C16H21N3O2S/c1-6-19-15(20)13(18(4)16(19)22)9-11-7-8-12(17(2)3)10-14(11)21-5/h7-10H,6H2,1-5H3/b13-9+. The summed E-state index contributed by atoms with van der Waals surface area (Å²) in [5.74, 6) is 0.648. The topological polar surface area (TPSA) is 36.0 Å². The van der Waals surface area contributed by atoms with Crippen molar-refractivity contribution in [2.75, 3.05) is 39.7 Å². The molecule has 0 bridgehead atoms. The summed E-state index contributed by atoms with van der Waals surface area (Å²) in [5.41, 5.74) is 2.45. The molecule has 1 saturated heterocycles. The summed E-state index contributed by atoms with van der Waals surface area (Å²) in [5, 5.41) is 0.530. The third kappa shape index (κ3) is 2.78. The van der Waals surface area contributed by atoms with E-state index >= 15 is 0 Å². The number of likely N-dealkylation sites (N-methyl/N-ethyl adjacent to an activating group) is 2. The third-order valence-electron chi connectivity index (χ3n) is 3.69. The molecule has 1 aromatic carbocycles. The number of benzene rings is 1. The number of hydrogen-bond acceptors (Lipinski definition) is 4. The van der Waals surface area contributed by atoms with Crippen molar-refractivity contribution in [1.82, 2.24) is 9.80 Å². The number of anilines is 1. The lowest BCUT2D eigenvalue weighted by Crippen LogP contribution is -2.30. The Morgan fingerprint density at radius 3 is 2.55 bits per heavy atom. The summed E-state index contributed by atoms with van der Waals surface area (Å²) >= 11 is 5.30.